The van der Waals surface area contributed by atoms with E-state index in [4.69, 9.17) is 11.6 Å². The van der Waals surface area contributed by atoms with Crippen LogP contribution in [-0.4, -0.2) is 22.2 Å². The average Bonchev–Trinajstić information content (AvgIpc) is 2.56. The first-order valence-corrected chi connectivity index (χ1v) is 6.07. The van der Waals surface area contributed by atoms with Crippen LogP contribution in [0.25, 0.3) is 0 Å². The van der Waals surface area contributed by atoms with Crippen LogP contribution in [0.4, 0.5) is 5.82 Å². The second-order valence-electron chi connectivity index (χ2n) is 3.59. The summed E-state index contributed by atoms with van der Waals surface area (Å²) in [7, 11) is 0. The number of anilines is 1. The van der Waals surface area contributed by atoms with E-state index in [2.05, 4.69) is 10.3 Å². The molecule has 0 unspecified atom stereocenters. The maximum absolute atomic E-state index is 9.72. The van der Waals surface area contributed by atoms with Crippen LogP contribution in [0.1, 0.15) is 25.7 Å². The van der Waals surface area contributed by atoms with Crippen molar-refractivity contribution in [2.45, 2.75) is 37.8 Å². The molecule has 5 heteroatoms. The molecule has 0 aliphatic heterocycles. The van der Waals surface area contributed by atoms with Gasteiger partial charge in [0.2, 0.25) is 0 Å². The molecule has 1 saturated carbocycles. The minimum atomic E-state index is -0.246. The molecule has 0 spiro atoms. The fraction of sp³-hybridized carbons (Fsp3) is 0.667. The highest BCUT2D eigenvalue weighted by Gasteiger charge is 2.23. The van der Waals surface area contributed by atoms with Crippen LogP contribution in [0, 0.1) is 0 Å². The Labute approximate surface area is 92.1 Å². The molecule has 1 aromatic heterocycles. The number of aliphatic hydroxyl groups is 1. The van der Waals surface area contributed by atoms with Crippen molar-refractivity contribution in [3.05, 3.63) is 9.85 Å². The maximum Gasteiger partial charge on any atom is 0.185 e. The fourth-order valence-corrected chi connectivity index (χ4v) is 2.49. The number of rotatable bonds is 2. The third-order valence-electron chi connectivity index (χ3n) is 2.54. The van der Waals surface area contributed by atoms with Gasteiger partial charge in [0, 0.05) is 5.38 Å². The van der Waals surface area contributed by atoms with E-state index in [1.165, 1.54) is 17.8 Å². The first-order chi connectivity index (χ1) is 6.75. The van der Waals surface area contributed by atoms with Crippen LogP contribution in [0.15, 0.2) is 5.38 Å². The van der Waals surface area contributed by atoms with Gasteiger partial charge in [-0.3, -0.25) is 0 Å². The highest BCUT2D eigenvalue weighted by atomic mass is 35.5. The van der Waals surface area contributed by atoms with Crippen molar-refractivity contribution in [2.75, 3.05) is 5.32 Å². The first-order valence-electron chi connectivity index (χ1n) is 4.81. The van der Waals surface area contributed by atoms with Crippen LogP contribution in [0.3, 0.4) is 0 Å². The molecule has 1 aromatic rings. The van der Waals surface area contributed by atoms with Crippen LogP contribution in [0.5, 0.6) is 0 Å². The predicted molar refractivity (Wildman–Crippen MR) is 59.0 cm³/mol. The van der Waals surface area contributed by atoms with Gasteiger partial charge in [-0.15, -0.1) is 11.3 Å². The van der Waals surface area contributed by atoms with Gasteiger partial charge < -0.3 is 10.4 Å². The minimum Gasteiger partial charge on any atom is -0.391 e. The first kappa shape index (κ1) is 10.2. The standard InChI is InChI=1S/C9H13ClN2OS/c10-9-12-8(5-14-9)11-6-3-1-2-4-7(6)13/h5-7,11,13H,1-4H2/t6-,7-/m1/s1. The SMILES string of the molecule is O[C@@H]1CCCC[C@H]1Nc1csc(Cl)n1. The summed E-state index contributed by atoms with van der Waals surface area (Å²) >= 11 is 7.12. The Hall–Kier alpha value is -0.320. The molecule has 14 heavy (non-hydrogen) atoms. The molecule has 3 nitrogen and oxygen atoms in total. The number of thiazole rings is 1. The van der Waals surface area contributed by atoms with Crippen LogP contribution >= 0.6 is 22.9 Å². The van der Waals surface area contributed by atoms with Gasteiger partial charge in [0.25, 0.3) is 0 Å². The van der Waals surface area contributed by atoms with E-state index in [0.29, 0.717) is 4.47 Å². The molecule has 1 aliphatic rings. The summed E-state index contributed by atoms with van der Waals surface area (Å²) in [5, 5.41) is 14.8. The summed E-state index contributed by atoms with van der Waals surface area (Å²) in [5.74, 6) is 0.783. The summed E-state index contributed by atoms with van der Waals surface area (Å²) in [6, 6.07) is 0.141. The lowest BCUT2D eigenvalue weighted by atomic mass is 9.93. The largest absolute Gasteiger partial charge is 0.391 e. The zero-order chi connectivity index (χ0) is 9.97. The number of hydrogen-bond donors (Lipinski definition) is 2. The van der Waals surface area contributed by atoms with Gasteiger partial charge in [0.1, 0.15) is 5.82 Å². The summed E-state index contributed by atoms with van der Waals surface area (Å²) in [5.41, 5.74) is 0. The molecule has 0 aromatic carbocycles. The Morgan fingerprint density at radius 2 is 2.29 bits per heavy atom. The number of aromatic nitrogens is 1. The smallest absolute Gasteiger partial charge is 0.185 e. The highest BCUT2D eigenvalue weighted by Crippen LogP contribution is 2.24. The summed E-state index contributed by atoms with van der Waals surface area (Å²) in [4.78, 5) is 4.10. The molecule has 1 heterocycles. The zero-order valence-corrected chi connectivity index (χ0v) is 9.31. The van der Waals surface area contributed by atoms with E-state index in [0.717, 1.165) is 25.1 Å². The molecule has 0 amide bonds. The predicted octanol–water partition coefficient (Wildman–Crippen LogP) is 2.51. The van der Waals surface area contributed by atoms with E-state index >= 15 is 0 Å². The second-order valence-corrected chi connectivity index (χ2v) is 5.03. The third kappa shape index (κ3) is 2.38. The lowest BCUT2D eigenvalue weighted by Gasteiger charge is -2.28. The molecule has 0 bridgehead atoms. The molecule has 1 fully saturated rings. The molecule has 0 radical (unpaired) electrons. The molecule has 78 valence electrons. The van der Waals surface area contributed by atoms with E-state index in [1.54, 1.807) is 0 Å². The summed E-state index contributed by atoms with van der Waals surface area (Å²) in [6.07, 6.45) is 3.94. The molecule has 2 N–H and O–H groups in total. The van der Waals surface area contributed by atoms with E-state index < -0.39 is 0 Å². The van der Waals surface area contributed by atoms with E-state index in [9.17, 15) is 5.11 Å². The van der Waals surface area contributed by atoms with Crippen LogP contribution in [-0.2, 0) is 0 Å². The Morgan fingerprint density at radius 3 is 2.93 bits per heavy atom. The van der Waals surface area contributed by atoms with Gasteiger partial charge in [-0.2, -0.15) is 0 Å². The molecular formula is C9H13ClN2OS. The van der Waals surface area contributed by atoms with Crippen molar-refractivity contribution in [1.29, 1.82) is 0 Å². The average molecular weight is 233 g/mol. The van der Waals surface area contributed by atoms with Gasteiger partial charge in [-0.25, -0.2) is 4.98 Å². The van der Waals surface area contributed by atoms with E-state index in [1.807, 2.05) is 5.38 Å². The Kier molecular flexibility index (Phi) is 3.26. The van der Waals surface area contributed by atoms with Crippen LogP contribution in [0.2, 0.25) is 4.47 Å². The van der Waals surface area contributed by atoms with Crippen molar-refractivity contribution in [3.8, 4) is 0 Å². The highest BCUT2D eigenvalue weighted by molar-refractivity contribution is 7.14. The maximum atomic E-state index is 9.72. The van der Waals surface area contributed by atoms with Gasteiger partial charge >= 0.3 is 0 Å². The fourth-order valence-electron chi connectivity index (χ4n) is 1.79. The molecule has 1 aliphatic carbocycles. The third-order valence-corrected chi connectivity index (χ3v) is 3.52. The lowest BCUT2D eigenvalue weighted by molar-refractivity contribution is 0.116. The minimum absolute atomic E-state index is 0.141. The second kappa shape index (κ2) is 4.47. The van der Waals surface area contributed by atoms with Crippen molar-refractivity contribution in [3.63, 3.8) is 0 Å². The molecule has 2 rings (SSSR count). The Balaban J connectivity index is 1.95. The molecule has 2 atom stereocenters. The number of halogens is 1. The van der Waals surface area contributed by atoms with Crippen LogP contribution < -0.4 is 5.32 Å². The summed E-state index contributed by atoms with van der Waals surface area (Å²) in [6.45, 7) is 0. The van der Waals surface area contributed by atoms with E-state index in [-0.39, 0.29) is 12.1 Å². The Bertz CT molecular complexity index is 305. The molecular weight excluding hydrogens is 220 g/mol. The van der Waals surface area contributed by atoms with Crippen molar-refractivity contribution < 1.29 is 5.11 Å². The lowest BCUT2D eigenvalue weighted by Crippen LogP contribution is -2.36. The summed E-state index contributed by atoms with van der Waals surface area (Å²) < 4.78 is 0.540. The number of aliphatic hydroxyl groups excluding tert-OH is 1. The number of nitrogens with zero attached hydrogens (tertiary/aromatic N) is 1. The van der Waals surface area contributed by atoms with Crippen molar-refractivity contribution >= 4 is 28.8 Å². The molecule has 0 saturated heterocycles. The van der Waals surface area contributed by atoms with Gasteiger partial charge in [-0.1, -0.05) is 24.4 Å². The number of nitrogens with one attached hydrogen (secondary N) is 1. The Morgan fingerprint density at radius 1 is 1.50 bits per heavy atom. The van der Waals surface area contributed by atoms with Gasteiger partial charge in [0.05, 0.1) is 12.1 Å². The quantitative estimate of drug-likeness (QED) is 0.824. The van der Waals surface area contributed by atoms with Crippen molar-refractivity contribution in [2.24, 2.45) is 0 Å². The zero-order valence-electron chi connectivity index (χ0n) is 7.74. The van der Waals surface area contributed by atoms with Gasteiger partial charge in [0.15, 0.2) is 4.47 Å². The topological polar surface area (TPSA) is 45.1 Å². The van der Waals surface area contributed by atoms with Gasteiger partial charge in [-0.05, 0) is 12.8 Å². The van der Waals surface area contributed by atoms with Crippen molar-refractivity contribution in [1.82, 2.24) is 4.98 Å². The number of hydrogen-bond acceptors (Lipinski definition) is 4. The normalized spacial score (nSPS) is 27.6. The monoisotopic (exact) mass is 232 g/mol.